The molecule has 16 nitrogen and oxygen atoms in total. The summed E-state index contributed by atoms with van der Waals surface area (Å²) in [4.78, 5) is 0. The van der Waals surface area contributed by atoms with Crippen LogP contribution >= 0.6 is 0 Å². The number of hydrogen-bond donors (Lipinski definition) is 8. The molecule has 0 aromatic carbocycles. The number of ether oxygens (including phenoxy) is 4. The smallest absolute Gasteiger partial charge is 0.217 e. The molecule has 54 heavy (non-hydrogen) atoms. The van der Waals surface area contributed by atoms with Crippen LogP contribution in [0.15, 0.2) is 0 Å². The molecule has 2 heterocycles. The molecule has 2 saturated heterocycles. The van der Waals surface area contributed by atoms with Crippen molar-refractivity contribution in [2.75, 3.05) is 13.2 Å². The summed E-state index contributed by atoms with van der Waals surface area (Å²) in [5.74, 6) is -0.591. The SMILES string of the molecule is CC(C)[C@H](CC[C@@H](C)[C@H]1C[C@H](O)C2[C@]3(O)C[C@H](O)C4C[C@@H](O)CC[C@]4(C)C3CC[C@@]21C)OC1OC(COS(=O)(=O)[O-])C(O)C1OC1OCC(O)C(O)C1O. The van der Waals surface area contributed by atoms with Crippen molar-refractivity contribution >= 4 is 10.4 Å². The van der Waals surface area contributed by atoms with E-state index in [4.69, 9.17) is 18.9 Å². The lowest BCUT2D eigenvalue weighted by Gasteiger charge is -2.66. The molecule has 0 radical (unpaired) electrons. The van der Waals surface area contributed by atoms with Crippen molar-refractivity contribution in [2.24, 2.45) is 46.3 Å². The van der Waals surface area contributed by atoms with Crippen molar-refractivity contribution in [1.29, 1.82) is 0 Å². The van der Waals surface area contributed by atoms with E-state index < -0.39 is 108 Å². The Morgan fingerprint density at radius 2 is 1.54 bits per heavy atom. The number of aliphatic hydroxyl groups excluding tert-OH is 7. The maximum atomic E-state index is 12.6. The van der Waals surface area contributed by atoms with Gasteiger partial charge in [-0.3, -0.25) is 4.18 Å². The topological polar surface area (TPSA) is 265 Å². The molecule has 11 unspecified atom stereocenters. The molecule has 6 fully saturated rings. The molecule has 0 bridgehead atoms. The average molecular weight is 796 g/mol. The summed E-state index contributed by atoms with van der Waals surface area (Å²) >= 11 is 0. The highest BCUT2D eigenvalue weighted by atomic mass is 32.3. The standard InChI is InChI=1S/C37H64O16S/c1-17(2)25(51-34-31(29(43)26(52-34)16-50-54(46,47)48)53-33-30(44)28(42)24(41)15-49-33)7-6-18(3)20-13-22(39)32-36(20,5)11-9-27-35(4)10-8-19(38)12-21(35)23(40)14-37(27,32)45/h17-34,38-45H,6-16H2,1-5H3,(H,46,47,48)/p-1/t18-,19+,20-,21?,22+,23+,24?,25+,26?,27?,28?,29?,30?,31?,32?,33?,34?,35+,36-,37+/m1/s1. The van der Waals surface area contributed by atoms with Crippen molar-refractivity contribution in [3.63, 3.8) is 0 Å². The van der Waals surface area contributed by atoms with Crippen molar-refractivity contribution < 1.29 is 77.0 Å². The van der Waals surface area contributed by atoms with Gasteiger partial charge in [-0.15, -0.1) is 0 Å². The Labute approximate surface area is 318 Å². The van der Waals surface area contributed by atoms with Crippen LogP contribution in [-0.4, -0.2) is 146 Å². The van der Waals surface area contributed by atoms with Gasteiger partial charge in [0.25, 0.3) is 0 Å². The summed E-state index contributed by atoms with van der Waals surface area (Å²) < 4.78 is 61.4. The van der Waals surface area contributed by atoms with E-state index in [0.29, 0.717) is 32.1 Å². The van der Waals surface area contributed by atoms with Gasteiger partial charge in [-0.2, -0.15) is 0 Å². The number of fused-ring (bicyclic) bond motifs is 5. The van der Waals surface area contributed by atoms with Crippen LogP contribution in [0.5, 0.6) is 0 Å². The molecule has 20 atom stereocenters. The minimum atomic E-state index is -5.13. The van der Waals surface area contributed by atoms with E-state index in [1.807, 2.05) is 13.8 Å². The molecule has 4 saturated carbocycles. The Morgan fingerprint density at radius 3 is 2.20 bits per heavy atom. The van der Waals surface area contributed by atoms with Crippen LogP contribution in [0.3, 0.4) is 0 Å². The Balaban J connectivity index is 1.15. The second-order valence-electron chi connectivity index (χ2n) is 18.3. The maximum absolute atomic E-state index is 12.6. The summed E-state index contributed by atoms with van der Waals surface area (Å²) in [5.41, 5.74) is -1.99. The van der Waals surface area contributed by atoms with Crippen LogP contribution in [-0.2, 0) is 33.5 Å². The van der Waals surface area contributed by atoms with Crippen LogP contribution in [0.25, 0.3) is 0 Å². The molecule has 314 valence electrons. The largest absolute Gasteiger partial charge is 0.726 e. The first-order chi connectivity index (χ1) is 25.1. The van der Waals surface area contributed by atoms with E-state index >= 15 is 0 Å². The summed E-state index contributed by atoms with van der Waals surface area (Å²) in [7, 11) is -5.13. The number of aliphatic hydroxyl groups is 8. The zero-order valence-electron chi connectivity index (χ0n) is 31.9. The highest BCUT2D eigenvalue weighted by Crippen LogP contribution is 2.69. The molecule has 0 aromatic heterocycles. The van der Waals surface area contributed by atoms with Gasteiger partial charge in [0.2, 0.25) is 10.4 Å². The van der Waals surface area contributed by atoms with Crippen molar-refractivity contribution in [3.8, 4) is 0 Å². The van der Waals surface area contributed by atoms with Gasteiger partial charge in [-0.1, -0.05) is 34.6 Å². The lowest BCUT2D eigenvalue weighted by atomic mass is 9.42. The van der Waals surface area contributed by atoms with Gasteiger partial charge in [0.15, 0.2) is 12.6 Å². The minimum absolute atomic E-state index is 0.0501. The van der Waals surface area contributed by atoms with E-state index in [2.05, 4.69) is 25.0 Å². The molecule has 8 N–H and O–H groups in total. The first kappa shape index (κ1) is 43.0. The first-order valence-electron chi connectivity index (χ1n) is 19.8. The zero-order valence-corrected chi connectivity index (χ0v) is 32.7. The van der Waals surface area contributed by atoms with Crippen molar-refractivity contribution in [1.82, 2.24) is 0 Å². The van der Waals surface area contributed by atoms with Gasteiger partial charge < -0.3 is 64.4 Å². The number of hydrogen-bond acceptors (Lipinski definition) is 16. The predicted molar refractivity (Wildman–Crippen MR) is 187 cm³/mol. The van der Waals surface area contributed by atoms with Crippen LogP contribution < -0.4 is 0 Å². The quantitative estimate of drug-likeness (QED) is 0.0948. The Bertz CT molecular complexity index is 1400. The van der Waals surface area contributed by atoms with E-state index in [1.165, 1.54) is 0 Å². The molecule has 0 aromatic rings. The predicted octanol–water partition coefficient (Wildman–Crippen LogP) is -0.0930. The molecule has 0 spiro atoms. The third-order valence-electron chi connectivity index (χ3n) is 14.8. The van der Waals surface area contributed by atoms with Gasteiger partial charge in [-0.05, 0) is 91.8 Å². The third kappa shape index (κ3) is 7.92. The van der Waals surface area contributed by atoms with Crippen molar-refractivity contribution in [2.45, 2.75) is 172 Å². The molecule has 0 amide bonds. The molecular formula is C37H63O16S-. The Kier molecular flexibility index (Phi) is 12.6. The van der Waals surface area contributed by atoms with Crippen LogP contribution in [0.1, 0.15) is 92.4 Å². The molecule has 17 heteroatoms. The van der Waals surface area contributed by atoms with E-state index in [1.54, 1.807) is 0 Å². The molecule has 6 rings (SSSR count). The van der Waals surface area contributed by atoms with Crippen LogP contribution in [0.2, 0.25) is 0 Å². The molecule has 2 aliphatic heterocycles. The molecule has 6 aliphatic rings. The molecular weight excluding hydrogens is 732 g/mol. The summed E-state index contributed by atoms with van der Waals surface area (Å²) in [6, 6.07) is 0. The second kappa shape index (κ2) is 15.9. The summed E-state index contributed by atoms with van der Waals surface area (Å²) in [6.45, 7) is 9.13. The van der Waals surface area contributed by atoms with Crippen molar-refractivity contribution in [3.05, 3.63) is 0 Å². The number of rotatable bonds is 12. The summed E-state index contributed by atoms with van der Waals surface area (Å²) in [6.07, 6.45) is -9.06. The van der Waals surface area contributed by atoms with E-state index in [0.717, 1.165) is 19.3 Å². The van der Waals surface area contributed by atoms with E-state index in [9.17, 15) is 53.8 Å². The summed E-state index contributed by atoms with van der Waals surface area (Å²) in [5, 5.41) is 87.9. The van der Waals surface area contributed by atoms with E-state index in [-0.39, 0.29) is 48.0 Å². The minimum Gasteiger partial charge on any atom is -0.726 e. The fourth-order valence-corrected chi connectivity index (χ4v) is 12.4. The Morgan fingerprint density at radius 1 is 0.852 bits per heavy atom. The highest BCUT2D eigenvalue weighted by Gasteiger charge is 2.70. The lowest BCUT2D eigenvalue weighted by Crippen LogP contribution is -2.68. The second-order valence-corrected chi connectivity index (χ2v) is 19.4. The first-order valence-corrected chi connectivity index (χ1v) is 21.1. The average Bonchev–Trinajstić information content (AvgIpc) is 3.53. The van der Waals surface area contributed by atoms with Crippen LogP contribution in [0, 0.1) is 46.3 Å². The van der Waals surface area contributed by atoms with Crippen LogP contribution in [0.4, 0.5) is 0 Å². The van der Waals surface area contributed by atoms with Gasteiger partial charge in [0.1, 0.15) is 36.6 Å². The fraction of sp³-hybridized carbons (Fsp3) is 1.00. The van der Waals surface area contributed by atoms with Gasteiger partial charge in [0.05, 0.1) is 43.2 Å². The monoisotopic (exact) mass is 795 g/mol. The fourth-order valence-electron chi connectivity index (χ4n) is 12.1. The lowest BCUT2D eigenvalue weighted by molar-refractivity contribution is -0.307. The third-order valence-corrected chi connectivity index (χ3v) is 15.2. The Hall–Kier alpha value is -0.610. The normalized spacial score (nSPS) is 50.7. The zero-order chi connectivity index (χ0) is 39.7. The van der Waals surface area contributed by atoms with Gasteiger partial charge >= 0.3 is 0 Å². The molecule has 4 aliphatic carbocycles. The van der Waals surface area contributed by atoms with Gasteiger partial charge in [0, 0.05) is 12.3 Å². The highest BCUT2D eigenvalue weighted by molar-refractivity contribution is 7.80. The maximum Gasteiger partial charge on any atom is 0.217 e. The van der Waals surface area contributed by atoms with Gasteiger partial charge in [-0.25, -0.2) is 8.42 Å².